The predicted octanol–water partition coefficient (Wildman–Crippen LogP) is 3.81. The Bertz CT molecular complexity index is 1300. The van der Waals surface area contributed by atoms with E-state index in [1.54, 1.807) is 6.07 Å². The van der Waals surface area contributed by atoms with Gasteiger partial charge in [0, 0.05) is 16.6 Å². The van der Waals surface area contributed by atoms with Gasteiger partial charge in [-0.3, -0.25) is 0 Å². The van der Waals surface area contributed by atoms with E-state index in [1.165, 1.54) is 23.9 Å². The lowest BCUT2D eigenvalue weighted by molar-refractivity contribution is 0.391. The molecule has 0 radical (unpaired) electrons. The van der Waals surface area contributed by atoms with Crippen LogP contribution in [0.25, 0.3) is 22.4 Å². The molecule has 0 atom stereocenters. The number of sulfonamides is 1. The van der Waals surface area contributed by atoms with Crippen LogP contribution >= 0.6 is 27.7 Å². The molecule has 2 aromatic heterocycles. The summed E-state index contributed by atoms with van der Waals surface area (Å²) in [6.07, 6.45) is 0. The summed E-state index contributed by atoms with van der Waals surface area (Å²) in [5, 5.41) is 9.99. The van der Waals surface area contributed by atoms with E-state index in [-0.39, 0.29) is 4.90 Å². The maximum Gasteiger partial charge on any atom is 0.238 e. The summed E-state index contributed by atoms with van der Waals surface area (Å²) in [6.45, 7) is 2.68. The van der Waals surface area contributed by atoms with Gasteiger partial charge in [-0.2, -0.15) is 4.98 Å². The molecule has 150 valence electrons. The van der Waals surface area contributed by atoms with Crippen LogP contribution in [0.3, 0.4) is 0 Å². The summed E-state index contributed by atoms with van der Waals surface area (Å²) >= 11 is 4.87. The molecule has 11 heteroatoms. The molecule has 0 fully saturated rings. The third kappa shape index (κ3) is 4.22. The maximum atomic E-state index is 11.6. The van der Waals surface area contributed by atoms with Crippen LogP contribution in [-0.4, -0.2) is 28.1 Å². The van der Waals surface area contributed by atoms with Gasteiger partial charge in [0.15, 0.2) is 5.16 Å². The van der Waals surface area contributed by atoms with Crippen molar-refractivity contribution in [2.45, 2.75) is 29.3 Å². The van der Waals surface area contributed by atoms with E-state index in [2.05, 4.69) is 31.1 Å². The van der Waals surface area contributed by atoms with Gasteiger partial charge in [-0.05, 0) is 37.3 Å². The molecule has 29 heavy (non-hydrogen) atoms. The van der Waals surface area contributed by atoms with Crippen molar-refractivity contribution in [1.82, 2.24) is 19.7 Å². The van der Waals surface area contributed by atoms with E-state index < -0.39 is 10.0 Å². The zero-order chi connectivity index (χ0) is 20.6. The Morgan fingerprint density at radius 2 is 2.03 bits per heavy atom. The molecular formula is C18H16BrN5O3S2. The van der Waals surface area contributed by atoms with Crippen LogP contribution < -0.4 is 5.14 Å². The van der Waals surface area contributed by atoms with Crippen molar-refractivity contribution in [1.29, 1.82) is 0 Å². The Morgan fingerprint density at radius 1 is 1.21 bits per heavy atom. The topological polar surface area (TPSA) is 117 Å². The Kier molecular flexibility index (Phi) is 5.47. The van der Waals surface area contributed by atoms with Gasteiger partial charge in [0.1, 0.15) is 0 Å². The molecule has 0 aliphatic carbocycles. The van der Waals surface area contributed by atoms with Gasteiger partial charge in [-0.1, -0.05) is 45.0 Å². The maximum absolute atomic E-state index is 11.6. The number of halogens is 1. The number of benzene rings is 2. The van der Waals surface area contributed by atoms with Crippen LogP contribution in [0, 0.1) is 0 Å². The summed E-state index contributed by atoms with van der Waals surface area (Å²) in [7, 11) is -3.78. The Morgan fingerprint density at radius 3 is 2.76 bits per heavy atom. The number of nitrogens with two attached hydrogens (primary N) is 1. The molecule has 0 saturated heterocycles. The predicted molar refractivity (Wildman–Crippen MR) is 114 cm³/mol. The summed E-state index contributed by atoms with van der Waals surface area (Å²) in [4.78, 5) is 9.04. The number of aryl methyl sites for hydroxylation is 1. The smallest absolute Gasteiger partial charge is 0.238 e. The van der Waals surface area contributed by atoms with Gasteiger partial charge in [-0.25, -0.2) is 18.5 Å². The molecule has 0 spiro atoms. The van der Waals surface area contributed by atoms with Crippen molar-refractivity contribution in [3.8, 4) is 11.4 Å². The second-order valence-corrected chi connectivity index (χ2v) is 9.56. The van der Waals surface area contributed by atoms with E-state index in [0.29, 0.717) is 29.5 Å². The van der Waals surface area contributed by atoms with E-state index in [4.69, 9.17) is 9.66 Å². The normalized spacial score (nSPS) is 12.0. The SMILES string of the molecule is CCn1c(SCc2nc(-c3cccc(Br)c3)no2)nc2cc(S(N)(=O)=O)ccc21. The first-order valence-electron chi connectivity index (χ1n) is 8.59. The van der Waals surface area contributed by atoms with Crippen molar-refractivity contribution in [2.75, 3.05) is 0 Å². The monoisotopic (exact) mass is 493 g/mol. The Balaban J connectivity index is 1.58. The highest BCUT2D eigenvalue weighted by Gasteiger charge is 2.16. The molecule has 0 aliphatic rings. The average molecular weight is 494 g/mol. The van der Waals surface area contributed by atoms with Crippen molar-refractivity contribution < 1.29 is 12.9 Å². The number of thioether (sulfide) groups is 1. The Hall–Kier alpha value is -2.21. The van der Waals surface area contributed by atoms with Crippen molar-refractivity contribution in [3.05, 3.63) is 52.8 Å². The molecular weight excluding hydrogens is 478 g/mol. The summed E-state index contributed by atoms with van der Waals surface area (Å²) < 4.78 is 31.5. The zero-order valence-corrected chi connectivity index (χ0v) is 18.5. The molecule has 2 N–H and O–H groups in total. The summed E-state index contributed by atoms with van der Waals surface area (Å²) in [5.41, 5.74) is 2.26. The minimum absolute atomic E-state index is 0.0397. The lowest BCUT2D eigenvalue weighted by Crippen LogP contribution is -2.11. The summed E-state index contributed by atoms with van der Waals surface area (Å²) in [6, 6.07) is 12.4. The third-order valence-electron chi connectivity index (χ3n) is 4.21. The fraction of sp³-hybridized carbons (Fsp3) is 0.167. The van der Waals surface area contributed by atoms with Crippen LogP contribution in [0.1, 0.15) is 12.8 Å². The quantitative estimate of drug-likeness (QED) is 0.405. The fourth-order valence-corrected chi connectivity index (χ4v) is 4.71. The molecule has 0 amide bonds. The van der Waals surface area contributed by atoms with E-state index in [0.717, 1.165) is 20.7 Å². The van der Waals surface area contributed by atoms with Gasteiger partial charge in [0.05, 0.1) is 21.7 Å². The van der Waals surface area contributed by atoms with Gasteiger partial charge in [-0.15, -0.1) is 0 Å². The standard InChI is InChI=1S/C18H16BrN5O3S2/c1-2-24-15-7-6-13(29(20,25)26)9-14(15)21-18(24)28-10-16-22-17(23-27-16)11-4-3-5-12(19)8-11/h3-9H,2,10H2,1H3,(H2,20,25,26). The third-order valence-corrected chi connectivity index (χ3v) is 6.57. The number of hydrogen-bond acceptors (Lipinski definition) is 7. The minimum Gasteiger partial charge on any atom is -0.338 e. The van der Waals surface area contributed by atoms with Crippen LogP contribution in [0.4, 0.5) is 0 Å². The van der Waals surface area contributed by atoms with E-state index in [1.807, 2.05) is 35.8 Å². The largest absolute Gasteiger partial charge is 0.338 e. The molecule has 0 saturated carbocycles. The number of primary sulfonamides is 1. The molecule has 4 rings (SSSR count). The Labute approximate surface area is 179 Å². The molecule has 2 heterocycles. The first kappa shape index (κ1) is 20.1. The molecule has 2 aromatic carbocycles. The number of aromatic nitrogens is 4. The second kappa shape index (κ2) is 7.90. The first-order valence-corrected chi connectivity index (χ1v) is 11.9. The first-order chi connectivity index (χ1) is 13.8. The number of imidazole rings is 1. The molecule has 0 bridgehead atoms. The van der Waals surface area contributed by atoms with Crippen LogP contribution in [0.15, 0.2) is 61.5 Å². The van der Waals surface area contributed by atoms with Crippen LogP contribution in [0.5, 0.6) is 0 Å². The average Bonchev–Trinajstić information content (AvgIpc) is 3.29. The van der Waals surface area contributed by atoms with Gasteiger partial charge < -0.3 is 9.09 Å². The highest BCUT2D eigenvalue weighted by atomic mass is 79.9. The minimum atomic E-state index is -3.78. The molecule has 0 aliphatic heterocycles. The van der Waals surface area contributed by atoms with Crippen molar-refractivity contribution in [3.63, 3.8) is 0 Å². The van der Waals surface area contributed by atoms with Gasteiger partial charge >= 0.3 is 0 Å². The van der Waals surface area contributed by atoms with E-state index >= 15 is 0 Å². The number of nitrogens with zero attached hydrogens (tertiary/aromatic N) is 4. The van der Waals surface area contributed by atoms with Gasteiger partial charge in [0.2, 0.25) is 21.7 Å². The number of rotatable bonds is 6. The van der Waals surface area contributed by atoms with E-state index in [9.17, 15) is 8.42 Å². The zero-order valence-electron chi connectivity index (χ0n) is 15.2. The number of fused-ring (bicyclic) bond motifs is 1. The molecule has 4 aromatic rings. The van der Waals surface area contributed by atoms with Gasteiger partial charge in [0.25, 0.3) is 0 Å². The highest BCUT2D eigenvalue weighted by Crippen LogP contribution is 2.28. The fourth-order valence-electron chi connectivity index (χ4n) is 2.86. The van der Waals surface area contributed by atoms with Crippen LogP contribution in [0.2, 0.25) is 0 Å². The highest BCUT2D eigenvalue weighted by molar-refractivity contribution is 9.10. The van der Waals surface area contributed by atoms with Crippen molar-refractivity contribution in [2.24, 2.45) is 5.14 Å². The number of hydrogen-bond donors (Lipinski definition) is 1. The summed E-state index contributed by atoms with van der Waals surface area (Å²) in [5.74, 6) is 1.43. The van der Waals surface area contributed by atoms with Crippen LogP contribution in [-0.2, 0) is 22.3 Å². The lowest BCUT2D eigenvalue weighted by atomic mass is 10.2. The molecule has 8 nitrogen and oxygen atoms in total. The van der Waals surface area contributed by atoms with Crippen molar-refractivity contribution >= 4 is 48.7 Å². The molecule has 0 unspecified atom stereocenters. The second-order valence-electron chi connectivity index (χ2n) is 6.14. The lowest BCUT2D eigenvalue weighted by Gasteiger charge is -2.04.